The third-order valence-corrected chi connectivity index (χ3v) is 4.07. The van der Waals surface area contributed by atoms with Crippen LogP contribution in [0.5, 0.6) is 0 Å². The van der Waals surface area contributed by atoms with Crippen molar-refractivity contribution in [1.29, 1.82) is 10.5 Å². The van der Waals surface area contributed by atoms with Crippen molar-refractivity contribution < 1.29 is 0 Å². The first-order chi connectivity index (χ1) is 13.7. The van der Waals surface area contributed by atoms with Gasteiger partial charge in [0.1, 0.15) is 17.8 Å². The molecule has 28 heavy (non-hydrogen) atoms. The van der Waals surface area contributed by atoms with E-state index in [0.717, 1.165) is 22.5 Å². The molecule has 0 unspecified atom stereocenters. The van der Waals surface area contributed by atoms with E-state index in [4.69, 9.17) is 11.0 Å². The smallest absolute Gasteiger partial charge is 0.129 e. The van der Waals surface area contributed by atoms with Gasteiger partial charge in [-0.15, -0.1) is 0 Å². The Kier molecular flexibility index (Phi) is 5.82. The van der Waals surface area contributed by atoms with Crippen LogP contribution in [0.25, 0.3) is 5.57 Å². The molecule has 3 rings (SSSR count). The van der Waals surface area contributed by atoms with Crippen molar-refractivity contribution in [2.75, 3.05) is 5.43 Å². The zero-order valence-corrected chi connectivity index (χ0v) is 15.0. The van der Waals surface area contributed by atoms with Gasteiger partial charge in [-0.25, -0.2) is 0 Å². The van der Waals surface area contributed by atoms with Crippen molar-refractivity contribution in [2.45, 2.75) is 0 Å². The van der Waals surface area contributed by atoms with Gasteiger partial charge in [-0.2, -0.15) is 15.6 Å². The Morgan fingerprint density at radius 2 is 1.25 bits per heavy atom. The molecule has 5 heteroatoms. The first-order valence-electron chi connectivity index (χ1n) is 8.58. The molecule has 0 atom stereocenters. The molecule has 134 valence electrons. The maximum Gasteiger partial charge on any atom is 0.129 e. The normalized spacial score (nSPS) is 10.8. The highest BCUT2D eigenvalue weighted by molar-refractivity contribution is 6.13. The molecule has 0 fully saturated rings. The molecule has 0 spiro atoms. The Morgan fingerprint density at radius 1 is 0.714 bits per heavy atom. The lowest BCUT2D eigenvalue weighted by molar-refractivity contribution is 1.32. The van der Waals surface area contributed by atoms with E-state index in [-0.39, 0.29) is 11.3 Å². The second kappa shape index (κ2) is 8.84. The van der Waals surface area contributed by atoms with Gasteiger partial charge in [0.2, 0.25) is 0 Å². The molecule has 0 aliphatic carbocycles. The Morgan fingerprint density at radius 3 is 1.71 bits per heavy atom. The summed E-state index contributed by atoms with van der Waals surface area (Å²) in [5.41, 5.74) is 12.8. The van der Waals surface area contributed by atoms with Crippen molar-refractivity contribution in [3.8, 4) is 12.1 Å². The number of nitrogens with zero attached hydrogens (tertiary/aromatic N) is 3. The van der Waals surface area contributed by atoms with Crippen LogP contribution >= 0.6 is 0 Å². The molecule has 3 N–H and O–H groups in total. The number of benzene rings is 3. The molecule has 0 amide bonds. The van der Waals surface area contributed by atoms with Crippen molar-refractivity contribution in [3.05, 3.63) is 107 Å². The van der Waals surface area contributed by atoms with Gasteiger partial charge in [0.05, 0.1) is 17.0 Å². The van der Waals surface area contributed by atoms with Gasteiger partial charge in [0.15, 0.2) is 0 Å². The van der Waals surface area contributed by atoms with Gasteiger partial charge >= 0.3 is 0 Å². The van der Waals surface area contributed by atoms with Gasteiger partial charge < -0.3 is 5.73 Å². The number of hydrogen-bond acceptors (Lipinski definition) is 5. The maximum absolute atomic E-state index is 9.20. The molecule has 3 aromatic rings. The minimum atomic E-state index is -0.100. The van der Waals surface area contributed by atoms with Crippen LogP contribution in [0.3, 0.4) is 0 Å². The Hall–Kier alpha value is -4.35. The van der Waals surface area contributed by atoms with E-state index in [2.05, 4.69) is 10.5 Å². The Balaban J connectivity index is 1.90. The van der Waals surface area contributed by atoms with E-state index in [1.165, 1.54) is 0 Å². The van der Waals surface area contributed by atoms with Gasteiger partial charge in [-0.3, -0.25) is 5.43 Å². The summed E-state index contributed by atoms with van der Waals surface area (Å²) in [6, 6.07) is 30.6. The Bertz CT molecular complexity index is 1040. The highest BCUT2D eigenvalue weighted by Crippen LogP contribution is 2.19. The number of hydrogen-bond donors (Lipinski definition) is 2. The molecule has 3 aromatic carbocycles. The van der Waals surface area contributed by atoms with Gasteiger partial charge in [-0.1, -0.05) is 72.8 Å². The molecular formula is C23H17N5. The van der Waals surface area contributed by atoms with Crippen LogP contribution in [-0.2, 0) is 0 Å². The zero-order chi connectivity index (χ0) is 19.8. The maximum atomic E-state index is 9.20. The lowest BCUT2D eigenvalue weighted by Gasteiger charge is -2.09. The highest BCUT2D eigenvalue weighted by atomic mass is 15.3. The van der Waals surface area contributed by atoms with Crippen LogP contribution in [-0.4, -0.2) is 5.71 Å². The average molecular weight is 363 g/mol. The SMILES string of the molecule is N#C/C(N)=C(\C#N)c1ccc(NN=C(c2ccccc2)c2ccccc2)cc1. The number of rotatable bonds is 5. The van der Waals surface area contributed by atoms with Crippen molar-refractivity contribution in [3.63, 3.8) is 0 Å². The van der Waals surface area contributed by atoms with Crippen LogP contribution in [0.15, 0.2) is 95.7 Å². The summed E-state index contributed by atoms with van der Waals surface area (Å²) in [7, 11) is 0. The third kappa shape index (κ3) is 4.24. The molecule has 0 saturated heterocycles. The number of nitriles is 2. The molecule has 5 nitrogen and oxygen atoms in total. The molecule has 0 radical (unpaired) electrons. The minimum Gasteiger partial charge on any atom is -0.389 e. The van der Waals surface area contributed by atoms with Crippen LogP contribution in [0.1, 0.15) is 16.7 Å². The van der Waals surface area contributed by atoms with Crippen molar-refractivity contribution >= 4 is 17.0 Å². The predicted octanol–water partition coefficient (Wildman–Crippen LogP) is 4.27. The summed E-state index contributed by atoms with van der Waals surface area (Å²) in [5.74, 6) is 0. The minimum absolute atomic E-state index is 0.100. The average Bonchev–Trinajstić information content (AvgIpc) is 2.77. The standard InChI is InChI=1S/C23H17N5/c24-15-21(22(26)16-25)17-11-13-20(14-12-17)27-28-23(18-7-3-1-4-8-18)19-9-5-2-6-10-19/h1-14,27H,26H2/b22-21-. The van der Waals surface area contributed by atoms with Gasteiger partial charge in [0.25, 0.3) is 0 Å². The van der Waals surface area contributed by atoms with Crippen molar-refractivity contribution in [1.82, 2.24) is 0 Å². The van der Waals surface area contributed by atoms with Crippen LogP contribution in [0.4, 0.5) is 5.69 Å². The monoisotopic (exact) mass is 363 g/mol. The third-order valence-electron chi connectivity index (χ3n) is 4.07. The summed E-state index contributed by atoms with van der Waals surface area (Å²) < 4.78 is 0. The lowest BCUT2D eigenvalue weighted by Crippen LogP contribution is -2.06. The predicted molar refractivity (Wildman–Crippen MR) is 111 cm³/mol. The van der Waals surface area contributed by atoms with E-state index in [1.54, 1.807) is 30.3 Å². The summed E-state index contributed by atoms with van der Waals surface area (Å²) in [4.78, 5) is 0. The summed E-state index contributed by atoms with van der Waals surface area (Å²) in [6.45, 7) is 0. The number of hydrazone groups is 1. The quantitative estimate of drug-likeness (QED) is 0.402. The second-order valence-corrected chi connectivity index (χ2v) is 5.89. The first-order valence-corrected chi connectivity index (χ1v) is 8.58. The molecule has 0 aliphatic rings. The topological polar surface area (TPSA) is 98.0 Å². The first kappa shape index (κ1) is 18.4. The molecule has 0 saturated carbocycles. The summed E-state index contributed by atoms with van der Waals surface area (Å²) in [5, 5.41) is 22.7. The van der Waals surface area contributed by atoms with E-state index in [0.29, 0.717) is 5.56 Å². The number of allylic oxidation sites excluding steroid dienone is 2. The van der Waals surface area contributed by atoms with E-state index < -0.39 is 0 Å². The van der Waals surface area contributed by atoms with Crippen LogP contribution in [0.2, 0.25) is 0 Å². The molecule has 0 heterocycles. The summed E-state index contributed by atoms with van der Waals surface area (Å²) >= 11 is 0. The number of anilines is 1. The van der Waals surface area contributed by atoms with E-state index in [9.17, 15) is 5.26 Å². The molecule has 0 aliphatic heterocycles. The van der Waals surface area contributed by atoms with Crippen LogP contribution in [0, 0.1) is 22.7 Å². The van der Waals surface area contributed by atoms with Crippen molar-refractivity contribution in [2.24, 2.45) is 10.8 Å². The van der Waals surface area contributed by atoms with Gasteiger partial charge in [0, 0.05) is 11.1 Å². The fraction of sp³-hybridized carbons (Fsp3) is 0. The zero-order valence-electron chi connectivity index (χ0n) is 15.0. The molecule has 0 aromatic heterocycles. The van der Waals surface area contributed by atoms with E-state index >= 15 is 0 Å². The Labute approximate surface area is 163 Å². The summed E-state index contributed by atoms with van der Waals surface area (Å²) in [6.07, 6.45) is 0. The van der Waals surface area contributed by atoms with Gasteiger partial charge in [-0.05, 0) is 17.7 Å². The molecular weight excluding hydrogens is 346 g/mol. The van der Waals surface area contributed by atoms with E-state index in [1.807, 2.05) is 66.7 Å². The molecule has 0 bridgehead atoms. The van der Waals surface area contributed by atoms with Crippen LogP contribution < -0.4 is 11.2 Å². The fourth-order valence-corrected chi connectivity index (χ4v) is 2.66. The number of nitrogens with two attached hydrogens (primary N) is 1. The lowest BCUT2D eigenvalue weighted by atomic mass is 10.0. The fourth-order valence-electron chi connectivity index (χ4n) is 2.66. The number of nitrogens with one attached hydrogen (secondary N) is 1. The largest absolute Gasteiger partial charge is 0.389 e. The highest BCUT2D eigenvalue weighted by Gasteiger charge is 2.08. The second-order valence-electron chi connectivity index (χ2n) is 5.89.